The summed E-state index contributed by atoms with van der Waals surface area (Å²) in [5, 5.41) is 1.43. The monoisotopic (exact) mass is 494 g/mol. The van der Waals surface area contributed by atoms with Gasteiger partial charge in [-0.2, -0.15) is 13.2 Å². The topological polar surface area (TPSA) is 9.23 Å². The summed E-state index contributed by atoms with van der Waals surface area (Å²) in [4.78, 5) is 0. The van der Waals surface area contributed by atoms with E-state index in [0.29, 0.717) is 17.1 Å². The molecule has 21 heavy (non-hydrogen) atoms. The van der Waals surface area contributed by atoms with Gasteiger partial charge in [-0.15, -0.1) is 0 Å². The second-order valence-corrected chi connectivity index (χ2v) is 6.77. The Hall–Kier alpha value is 0.410. The average Bonchev–Trinajstić information content (AvgIpc) is 2.43. The zero-order valence-electron chi connectivity index (χ0n) is 11.2. The molecule has 0 aliphatic carbocycles. The molecular weight excluding hydrogens is 481 g/mol. The highest BCUT2D eigenvalue weighted by atomic mass is 79.9. The summed E-state index contributed by atoms with van der Waals surface area (Å²) < 4.78 is 41.7. The minimum atomic E-state index is -4.26. The van der Waals surface area contributed by atoms with E-state index < -0.39 is 12.8 Å². The van der Waals surface area contributed by atoms with E-state index >= 15 is 0 Å². The minimum Gasteiger partial charge on any atom is -0.372 e. The van der Waals surface area contributed by atoms with Gasteiger partial charge in [-0.25, -0.2) is 0 Å². The first-order valence-electron chi connectivity index (χ1n) is 6.36. The standard InChI is InChI=1S/C14H16Br3F3O/c15-8-13(9-16,11-4-1-2-5-12(11)17)6-3-7-21-10-14(18,19)20/h1-2,4-5H,3,6-10H2. The highest BCUT2D eigenvalue weighted by Crippen LogP contribution is 2.37. The van der Waals surface area contributed by atoms with Crippen LogP contribution >= 0.6 is 47.8 Å². The maximum atomic E-state index is 12.0. The summed E-state index contributed by atoms with van der Waals surface area (Å²) in [6.07, 6.45) is -2.97. The average molecular weight is 497 g/mol. The van der Waals surface area contributed by atoms with Crippen LogP contribution < -0.4 is 0 Å². The van der Waals surface area contributed by atoms with Crippen LogP contribution in [0.15, 0.2) is 28.7 Å². The Kier molecular flexibility index (Phi) is 8.24. The summed E-state index contributed by atoms with van der Waals surface area (Å²) in [6, 6.07) is 7.90. The molecule has 0 aliphatic heterocycles. The van der Waals surface area contributed by atoms with Crippen molar-refractivity contribution >= 4 is 47.8 Å². The predicted molar refractivity (Wildman–Crippen MR) is 89.5 cm³/mol. The largest absolute Gasteiger partial charge is 0.411 e. The van der Waals surface area contributed by atoms with E-state index in [0.717, 1.165) is 16.5 Å². The van der Waals surface area contributed by atoms with Gasteiger partial charge in [0, 0.05) is 27.2 Å². The van der Waals surface area contributed by atoms with Crippen LogP contribution in [0.4, 0.5) is 13.2 Å². The zero-order valence-corrected chi connectivity index (χ0v) is 16.0. The van der Waals surface area contributed by atoms with Crippen molar-refractivity contribution in [2.45, 2.75) is 24.4 Å². The van der Waals surface area contributed by atoms with Gasteiger partial charge in [0.05, 0.1) is 0 Å². The van der Waals surface area contributed by atoms with Crippen LogP contribution in [0, 0.1) is 0 Å². The van der Waals surface area contributed by atoms with Crippen LogP contribution in [0.3, 0.4) is 0 Å². The lowest BCUT2D eigenvalue weighted by atomic mass is 9.80. The molecule has 0 heterocycles. The van der Waals surface area contributed by atoms with Crippen molar-refractivity contribution in [3.63, 3.8) is 0 Å². The van der Waals surface area contributed by atoms with E-state index in [1.165, 1.54) is 0 Å². The Morgan fingerprint density at radius 2 is 1.67 bits per heavy atom. The fourth-order valence-corrected chi connectivity index (χ4v) is 4.84. The first kappa shape index (κ1) is 19.5. The molecule has 7 heteroatoms. The number of ether oxygens (including phenoxy) is 1. The van der Waals surface area contributed by atoms with Crippen LogP contribution in [-0.2, 0) is 10.2 Å². The Morgan fingerprint density at radius 1 is 1.05 bits per heavy atom. The predicted octanol–water partition coefficient (Wildman–Crippen LogP) is 5.84. The molecule has 0 fully saturated rings. The van der Waals surface area contributed by atoms with Gasteiger partial charge in [0.1, 0.15) is 6.61 Å². The van der Waals surface area contributed by atoms with Crippen molar-refractivity contribution in [2.24, 2.45) is 0 Å². The van der Waals surface area contributed by atoms with Gasteiger partial charge in [-0.05, 0) is 24.5 Å². The van der Waals surface area contributed by atoms with Crippen molar-refractivity contribution in [3.05, 3.63) is 34.3 Å². The number of rotatable bonds is 8. The van der Waals surface area contributed by atoms with Crippen LogP contribution in [0.5, 0.6) is 0 Å². The van der Waals surface area contributed by atoms with Crippen molar-refractivity contribution in [1.29, 1.82) is 0 Å². The number of alkyl halides is 5. The Bertz CT molecular complexity index is 434. The third-order valence-electron chi connectivity index (χ3n) is 3.17. The normalized spacial score (nSPS) is 12.7. The Morgan fingerprint density at radius 3 is 2.19 bits per heavy atom. The molecule has 0 saturated carbocycles. The molecule has 0 amide bonds. The number of hydrogen-bond donors (Lipinski definition) is 0. The molecule has 0 aliphatic rings. The van der Waals surface area contributed by atoms with Gasteiger partial charge in [0.2, 0.25) is 0 Å². The molecule has 0 unspecified atom stereocenters. The molecule has 0 N–H and O–H groups in total. The molecule has 1 nitrogen and oxygen atoms in total. The lowest BCUT2D eigenvalue weighted by Crippen LogP contribution is -2.31. The highest BCUT2D eigenvalue weighted by molar-refractivity contribution is 9.10. The molecular formula is C14H16Br3F3O. The third-order valence-corrected chi connectivity index (χ3v) is 6.00. The molecule has 0 radical (unpaired) electrons. The molecule has 0 aromatic heterocycles. The van der Waals surface area contributed by atoms with E-state index in [1.54, 1.807) is 0 Å². The van der Waals surface area contributed by atoms with Crippen molar-refractivity contribution in [3.8, 4) is 0 Å². The number of halogens is 6. The van der Waals surface area contributed by atoms with Gasteiger partial charge in [0.15, 0.2) is 0 Å². The molecule has 0 bridgehead atoms. The van der Waals surface area contributed by atoms with Crippen LogP contribution in [0.2, 0.25) is 0 Å². The Balaban J connectivity index is 2.64. The molecule has 1 aromatic carbocycles. The van der Waals surface area contributed by atoms with E-state index in [-0.39, 0.29) is 12.0 Å². The maximum Gasteiger partial charge on any atom is 0.411 e. The summed E-state index contributed by atoms with van der Waals surface area (Å²) >= 11 is 10.6. The van der Waals surface area contributed by atoms with E-state index in [9.17, 15) is 13.2 Å². The molecule has 120 valence electrons. The van der Waals surface area contributed by atoms with E-state index in [2.05, 4.69) is 52.5 Å². The van der Waals surface area contributed by atoms with Crippen LogP contribution in [-0.4, -0.2) is 30.1 Å². The molecule has 0 spiro atoms. The summed E-state index contributed by atoms with van der Waals surface area (Å²) in [7, 11) is 0. The van der Waals surface area contributed by atoms with Gasteiger partial charge < -0.3 is 4.74 Å². The number of hydrogen-bond acceptors (Lipinski definition) is 1. The third kappa shape index (κ3) is 6.20. The Labute approximate surface area is 148 Å². The number of benzene rings is 1. The molecule has 0 atom stereocenters. The minimum absolute atomic E-state index is 0.103. The lowest BCUT2D eigenvalue weighted by molar-refractivity contribution is -0.174. The fourth-order valence-electron chi connectivity index (χ4n) is 2.04. The van der Waals surface area contributed by atoms with Gasteiger partial charge >= 0.3 is 6.18 Å². The molecule has 1 rings (SSSR count). The smallest absolute Gasteiger partial charge is 0.372 e. The summed E-state index contributed by atoms with van der Waals surface area (Å²) in [5.74, 6) is 0. The second kappa shape index (κ2) is 8.89. The van der Waals surface area contributed by atoms with Crippen LogP contribution in [0.1, 0.15) is 18.4 Å². The quantitative estimate of drug-likeness (QED) is 0.325. The van der Waals surface area contributed by atoms with Crippen molar-refractivity contribution in [2.75, 3.05) is 23.9 Å². The first-order chi connectivity index (χ1) is 9.84. The highest BCUT2D eigenvalue weighted by Gasteiger charge is 2.32. The van der Waals surface area contributed by atoms with Crippen molar-refractivity contribution < 1.29 is 17.9 Å². The van der Waals surface area contributed by atoms with Gasteiger partial charge in [0.25, 0.3) is 0 Å². The zero-order chi connectivity index (χ0) is 15.9. The summed E-state index contributed by atoms with van der Waals surface area (Å²) in [5.41, 5.74) is 0.955. The molecule has 0 saturated heterocycles. The van der Waals surface area contributed by atoms with E-state index in [1.807, 2.05) is 24.3 Å². The van der Waals surface area contributed by atoms with Gasteiger partial charge in [-0.1, -0.05) is 66.0 Å². The SMILES string of the molecule is FC(F)(F)COCCCC(CBr)(CBr)c1ccccc1Br. The van der Waals surface area contributed by atoms with E-state index in [4.69, 9.17) is 0 Å². The molecule has 1 aromatic rings. The lowest BCUT2D eigenvalue weighted by Gasteiger charge is -2.31. The first-order valence-corrected chi connectivity index (χ1v) is 9.40. The van der Waals surface area contributed by atoms with Crippen LogP contribution in [0.25, 0.3) is 0 Å². The second-order valence-electron chi connectivity index (χ2n) is 4.80. The maximum absolute atomic E-state index is 12.0. The fraction of sp³-hybridized carbons (Fsp3) is 0.571. The summed E-state index contributed by atoms with van der Waals surface area (Å²) in [6.45, 7) is -1.08. The van der Waals surface area contributed by atoms with Crippen molar-refractivity contribution in [1.82, 2.24) is 0 Å². The van der Waals surface area contributed by atoms with Gasteiger partial charge in [-0.3, -0.25) is 0 Å².